The highest BCUT2D eigenvalue weighted by Crippen LogP contribution is 2.19. The van der Waals surface area contributed by atoms with Crippen molar-refractivity contribution in [2.24, 2.45) is 0 Å². The molecule has 1 amide bonds. The van der Waals surface area contributed by atoms with Gasteiger partial charge < -0.3 is 9.84 Å². The van der Waals surface area contributed by atoms with E-state index in [1.54, 1.807) is 0 Å². The molecular weight excluding hydrogens is 272 g/mol. The van der Waals surface area contributed by atoms with Gasteiger partial charge in [-0.1, -0.05) is 17.3 Å². The van der Waals surface area contributed by atoms with E-state index in [1.165, 1.54) is 17.3 Å². The molecule has 1 aromatic carbocycles. The summed E-state index contributed by atoms with van der Waals surface area (Å²) in [7, 11) is 0. The van der Waals surface area contributed by atoms with Crippen molar-refractivity contribution < 1.29 is 9.32 Å². The SMILES string of the molecule is Cc1cc(CSCC(=O)Nc2cccc(C)c2C)no1. The zero-order valence-corrected chi connectivity index (χ0v) is 12.7. The second-order valence-electron chi connectivity index (χ2n) is 4.72. The topological polar surface area (TPSA) is 55.1 Å². The Bertz CT molecular complexity index is 608. The van der Waals surface area contributed by atoms with Gasteiger partial charge in [-0.05, 0) is 38.0 Å². The van der Waals surface area contributed by atoms with Crippen LogP contribution in [0.5, 0.6) is 0 Å². The normalized spacial score (nSPS) is 10.6. The summed E-state index contributed by atoms with van der Waals surface area (Å²) in [4.78, 5) is 11.9. The van der Waals surface area contributed by atoms with Gasteiger partial charge in [0.1, 0.15) is 5.76 Å². The van der Waals surface area contributed by atoms with Crippen LogP contribution in [-0.4, -0.2) is 16.8 Å². The van der Waals surface area contributed by atoms with Gasteiger partial charge in [0, 0.05) is 17.5 Å². The minimum absolute atomic E-state index is 0.00363. The predicted octanol–water partition coefficient (Wildman–Crippen LogP) is 3.47. The summed E-state index contributed by atoms with van der Waals surface area (Å²) in [6, 6.07) is 7.79. The Hall–Kier alpha value is -1.75. The van der Waals surface area contributed by atoms with E-state index in [2.05, 4.69) is 10.5 Å². The van der Waals surface area contributed by atoms with Crippen molar-refractivity contribution in [3.63, 3.8) is 0 Å². The molecule has 0 unspecified atom stereocenters. The predicted molar refractivity (Wildman–Crippen MR) is 81.9 cm³/mol. The van der Waals surface area contributed by atoms with E-state index in [-0.39, 0.29) is 5.91 Å². The van der Waals surface area contributed by atoms with Gasteiger partial charge in [-0.2, -0.15) is 0 Å². The van der Waals surface area contributed by atoms with Crippen LogP contribution in [0.25, 0.3) is 0 Å². The Kier molecular flexibility index (Phi) is 4.84. The highest BCUT2D eigenvalue weighted by Gasteiger charge is 2.07. The fourth-order valence-corrected chi connectivity index (χ4v) is 2.51. The molecule has 1 N–H and O–H groups in total. The van der Waals surface area contributed by atoms with Gasteiger partial charge in [0.15, 0.2) is 0 Å². The summed E-state index contributed by atoms with van der Waals surface area (Å²) in [6.45, 7) is 5.90. The molecule has 0 atom stereocenters. The van der Waals surface area contributed by atoms with Crippen LogP contribution in [0.4, 0.5) is 5.69 Å². The molecule has 1 heterocycles. The lowest BCUT2D eigenvalue weighted by atomic mass is 10.1. The third-order valence-corrected chi connectivity index (χ3v) is 4.00. The van der Waals surface area contributed by atoms with Crippen LogP contribution in [-0.2, 0) is 10.5 Å². The largest absolute Gasteiger partial charge is 0.361 e. The highest BCUT2D eigenvalue weighted by atomic mass is 32.2. The highest BCUT2D eigenvalue weighted by molar-refractivity contribution is 7.99. The summed E-state index contributed by atoms with van der Waals surface area (Å²) >= 11 is 1.52. The molecule has 0 bridgehead atoms. The first-order valence-corrected chi connectivity index (χ1v) is 7.57. The van der Waals surface area contributed by atoms with Gasteiger partial charge in [-0.15, -0.1) is 11.8 Å². The first kappa shape index (κ1) is 14.7. The number of aryl methyl sites for hydroxylation is 2. The monoisotopic (exact) mass is 290 g/mol. The molecule has 106 valence electrons. The lowest BCUT2D eigenvalue weighted by molar-refractivity contribution is -0.113. The Labute approximate surface area is 122 Å². The maximum Gasteiger partial charge on any atom is 0.234 e. The minimum atomic E-state index is 0.00363. The lowest BCUT2D eigenvalue weighted by Crippen LogP contribution is -2.15. The Morgan fingerprint density at radius 3 is 2.85 bits per heavy atom. The van der Waals surface area contributed by atoms with E-state index in [4.69, 9.17) is 4.52 Å². The van der Waals surface area contributed by atoms with Crippen LogP contribution in [0.2, 0.25) is 0 Å². The van der Waals surface area contributed by atoms with Crippen LogP contribution >= 0.6 is 11.8 Å². The van der Waals surface area contributed by atoms with Gasteiger partial charge >= 0.3 is 0 Å². The molecule has 0 saturated heterocycles. The number of rotatable bonds is 5. The van der Waals surface area contributed by atoms with Crippen molar-refractivity contribution in [2.45, 2.75) is 26.5 Å². The van der Waals surface area contributed by atoms with Gasteiger partial charge in [0.2, 0.25) is 5.91 Å². The molecule has 1 aromatic heterocycles. The van der Waals surface area contributed by atoms with Crippen LogP contribution in [0.1, 0.15) is 22.6 Å². The number of hydrogen-bond acceptors (Lipinski definition) is 4. The number of amides is 1. The molecule has 20 heavy (non-hydrogen) atoms. The first-order valence-electron chi connectivity index (χ1n) is 6.42. The first-order chi connectivity index (χ1) is 9.56. The number of anilines is 1. The van der Waals surface area contributed by atoms with E-state index >= 15 is 0 Å². The number of carbonyl (C=O) groups excluding carboxylic acids is 1. The van der Waals surface area contributed by atoms with Gasteiger partial charge in [-0.3, -0.25) is 4.79 Å². The molecule has 4 nitrogen and oxygen atoms in total. The van der Waals surface area contributed by atoms with Crippen molar-refractivity contribution in [1.29, 1.82) is 0 Å². The van der Waals surface area contributed by atoms with E-state index in [0.717, 1.165) is 22.7 Å². The zero-order valence-electron chi connectivity index (χ0n) is 11.9. The summed E-state index contributed by atoms with van der Waals surface area (Å²) in [5.74, 6) is 1.88. The van der Waals surface area contributed by atoms with E-state index in [1.807, 2.05) is 45.0 Å². The second kappa shape index (κ2) is 6.61. The van der Waals surface area contributed by atoms with Crippen molar-refractivity contribution in [1.82, 2.24) is 5.16 Å². The summed E-state index contributed by atoms with van der Waals surface area (Å²) in [5.41, 5.74) is 4.03. The summed E-state index contributed by atoms with van der Waals surface area (Å²) in [6.07, 6.45) is 0. The molecule has 5 heteroatoms. The smallest absolute Gasteiger partial charge is 0.234 e. The molecular formula is C15H18N2O2S. The molecule has 0 radical (unpaired) electrons. The Morgan fingerprint density at radius 1 is 1.35 bits per heavy atom. The maximum absolute atomic E-state index is 11.9. The number of aromatic nitrogens is 1. The molecule has 0 aliphatic rings. The number of carbonyl (C=O) groups is 1. The van der Waals surface area contributed by atoms with Crippen molar-refractivity contribution >= 4 is 23.4 Å². The molecule has 2 rings (SSSR count). The van der Waals surface area contributed by atoms with E-state index in [9.17, 15) is 4.79 Å². The maximum atomic E-state index is 11.9. The van der Waals surface area contributed by atoms with Gasteiger partial charge in [0.05, 0.1) is 11.4 Å². The van der Waals surface area contributed by atoms with E-state index in [0.29, 0.717) is 11.5 Å². The quantitative estimate of drug-likeness (QED) is 0.916. The van der Waals surface area contributed by atoms with Crippen LogP contribution in [0.3, 0.4) is 0 Å². The zero-order chi connectivity index (χ0) is 14.5. The number of thioether (sulfide) groups is 1. The van der Waals surface area contributed by atoms with Gasteiger partial charge in [-0.25, -0.2) is 0 Å². The molecule has 0 fully saturated rings. The van der Waals surface area contributed by atoms with Crippen molar-refractivity contribution in [2.75, 3.05) is 11.1 Å². The van der Waals surface area contributed by atoms with Crippen molar-refractivity contribution in [3.8, 4) is 0 Å². The Morgan fingerprint density at radius 2 is 2.15 bits per heavy atom. The average Bonchev–Trinajstić information content (AvgIpc) is 2.81. The lowest BCUT2D eigenvalue weighted by Gasteiger charge is -2.09. The van der Waals surface area contributed by atoms with Crippen LogP contribution in [0.15, 0.2) is 28.8 Å². The van der Waals surface area contributed by atoms with Gasteiger partial charge in [0.25, 0.3) is 0 Å². The van der Waals surface area contributed by atoms with E-state index < -0.39 is 0 Å². The molecule has 0 saturated carbocycles. The molecule has 0 spiro atoms. The summed E-state index contributed by atoms with van der Waals surface area (Å²) in [5, 5.41) is 6.83. The second-order valence-corrected chi connectivity index (χ2v) is 5.70. The molecule has 0 aliphatic carbocycles. The van der Waals surface area contributed by atoms with Crippen LogP contribution < -0.4 is 5.32 Å². The fourth-order valence-electron chi connectivity index (χ4n) is 1.81. The standard InChI is InChI=1S/C15H18N2O2S/c1-10-5-4-6-14(12(10)3)16-15(18)9-20-8-13-7-11(2)19-17-13/h4-7H,8-9H2,1-3H3,(H,16,18). The van der Waals surface area contributed by atoms with Crippen molar-refractivity contribution in [3.05, 3.63) is 46.8 Å². The minimum Gasteiger partial charge on any atom is -0.361 e. The third kappa shape index (κ3) is 3.87. The average molecular weight is 290 g/mol. The number of hydrogen-bond donors (Lipinski definition) is 1. The Balaban J connectivity index is 1.82. The molecule has 0 aliphatic heterocycles. The number of nitrogens with zero attached hydrogens (tertiary/aromatic N) is 1. The fraction of sp³-hybridized carbons (Fsp3) is 0.333. The molecule has 2 aromatic rings. The number of benzene rings is 1. The van der Waals surface area contributed by atoms with Crippen LogP contribution in [0, 0.1) is 20.8 Å². The number of nitrogens with one attached hydrogen (secondary N) is 1. The summed E-state index contributed by atoms with van der Waals surface area (Å²) < 4.78 is 4.98. The third-order valence-electron chi connectivity index (χ3n) is 3.04.